The summed E-state index contributed by atoms with van der Waals surface area (Å²) in [5.41, 5.74) is 1.93. The molecule has 0 atom stereocenters. The number of aromatic nitrogens is 2. The van der Waals surface area contributed by atoms with Gasteiger partial charge >= 0.3 is 0 Å². The monoisotopic (exact) mass is 210 g/mol. The Morgan fingerprint density at radius 2 is 1.85 bits per heavy atom. The van der Waals surface area contributed by atoms with Crippen LogP contribution in [0.2, 0.25) is 5.02 Å². The van der Waals surface area contributed by atoms with Crippen LogP contribution in [0.4, 0.5) is 0 Å². The summed E-state index contributed by atoms with van der Waals surface area (Å²) in [7, 11) is 0. The van der Waals surface area contributed by atoms with E-state index in [0.717, 1.165) is 16.3 Å². The Labute approximate surface area is 86.7 Å². The van der Waals surface area contributed by atoms with Gasteiger partial charge in [-0.15, -0.1) is 0 Å². The summed E-state index contributed by atoms with van der Waals surface area (Å²) in [6.07, 6.45) is 1.78. The Morgan fingerprint density at radius 3 is 2.38 bits per heavy atom. The summed E-state index contributed by atoms with van der Waals surface area (Å²) < 4.78 is 1.48. The fourth-order valence-corrected chi connectivity index (χ4v) is 1.38. The van der Waals surface area contributed by atoms with Gasteiger partial charge in [0.25, 0.3) is 0 Å². The fraction of sp³-hybridized carbons (Fsp3) is 0. The number of thiol groups is 1. The topological polar surface area (TPSA) is 17.8 Å². The third-order valence-electron chi connectivity index (χ3n) is 1.72. The van der Waals surface area contributed by atoms with E-state index in [1.165, 1.54) is 4.09 Å². The molecule has 0 aliphatic heterocycles. The fourth-order valence-electron chi connectivity index (χ4n) is 1.09. The molecule has 0 unspecified atom stereocenters. The van der Waals surface area contributed by atoms with E-state index in [9.17, 15) is 0 Å². The van der Waals surface area contributed by atoms with Gasteiger partial charge in [0, 0.05) is 16.8 Å². The van der Waals surface area contributed by atoms with Crippen LogP contribution in [-0.4, -0.2) is 9.19 Å². The van der Waals surface area contributed by atoms with E-state index in [2.05, 4.69) is 17.9 Å². The van der Waals surface area contributed by atoms with Gasteiger partial charge < -0.3 is 0 Å². The second-order valence-electron chi connectivity index (χ2n) is 2.63. The van der Waals surface area contributed by atoms with Crippen LogP contribution in [0.1, 0.15) is 0 Å². The lowest BCUT2D eigenvalue weighted by Gasteiger charge is -1.95. The van der Waals surface area contributed by atoms with Crippen LogP contribution in [0.25, 0.3) is 11.3 Å². The maximum atomic E-state index is 5.76. The first kappa shape index (κ1) is 8.66. The van der Waals surface area contributed by atoms with Crippen LogP contribution in [0, 0.1) is 0 Å². The highest BCUT2D eigenvalue weighted by Gasteiger charge is 1.99. The van der Waals surface area contributed by atoms with Crippen molar-refractivity contribution in [2.75, 3.05) is 0 Å². The van der Waals surface area contributed by atoms with Crippen molar-refractivity contribution in [3.8, 4) is 11.3 Å². The molecule has 0 amide bonds. The van der Waals surface area contributed by atoms with Gasteiger partial charge in [0.1, 0.15) is 0 Å². The van der Waals surface area contributed by atoms with Gasteiger partial charge in [0.05, 0.1) is 5.69 Å². The zero-order valence-corrected chi connectivity index (χ0v) is 8.33. The SMILES string of the molecule is Sn1ccc(-c2ccc(Cl)cc2)n1. The second kappa shape index (κ2) is 3.44. The molecule has 1 aromatic heterocycles. The van der Waals surface area contributed by atoms with Gasteiger partial charge in [-0.05, 0) is 31.0 Å². The highest BCUT2D eigenvalue weighted by Crippen LogP contribution is 2.19. The van der Waals surface area contributed by atoms with Crippen molar-refractivity contribution in [1.29, 1.82) is 0 Å². The minimum absolute atomic E-state index is 0.731. The molecule has 66 valence electrons. The zero-order valence-electron chi connectivity index (χ0n) is 6.68. The Bertz CT molecular complexity index is 408. The lowest BCUT2D eigenvalue weighted by molar-refractivity contribution is 1.02. The molecular formula is C9H7ClN2S. The van der Waals surface area contributed by atoms with Gasteiger partial charge in [-0.1, -0.05) is 23.7 Å². The Balaban J connectivity index is 2.41. The molecule has 1 aromatic carbocycles. The normalized spacial score (nSPS) is 10.3. The Kier molecular flexibility index (Phi) is 2.29. The minimum Gasteiger partial charge on any atom is -0.217 e. The number of halogens is 1. The van der Waals surface area contributed by atoms with Crippen molar-refractivity contribution < 1.29 is 0 Å². The molecule has 0 radical (unpaired) electrons. The first-order chi connectivity index (χ1) is 6.25. The number of hydrogen-bond acceptors (Lipinski definition) is 2. The van der Waals surface area contributed by atoms with E-state index in [0.29, 0.717) is 0 Å². The molecule has 2 nitrogen and oxygen atoms in total. The summed E-state index contributed by atoms with van der Waals surface area (Å²) in [4.78, 5) is 0. The van der Waals surface area contributed by atoms with E-state index >= 15 is 0 Å². The first-order valence-corrected chi connectivity index (χ1v) is 4.54. The van der Waals surface area contributed by atoms with E-state index in [1.807, 2.05) is 30.3 Å². The van der Waals surface area contributed by atoms with Crippen molar-refractivity contribution in [1.82, 2.24) is 9.19 Å². The number of rotatable bonds is 1. The molecule has 2 rings (SSSR count). The molecular weight excluding hydrogens is 204 g/mol. The van der Waals surface area contributed by atoms with Crippen LogP contribution in [0.15, 0.2) is 36.5 Å². The summed E-state index contributed by atoms with van der Waals surface area (Å²) in [6, 6.07) is 9.44. The number of benzene rings is 1. The molecule has 0 saturated heterocycles. The summed E-state index contributed by atoms with van der Waals surface area (Å²) in [5.74, 6) is 0. The molecule has 13 heavy (non-hydrogen) atoms. The van der Waals surface area contributed by atoms with Crippen molar-refractivity contribution in [3.05, 3.63) is 41.6 Å². The van der Waals surface area contributed by atoms with Crippen molar-refractivity contribution in [2.24, 2.45) is 0 Å². The van der Waals surface area contributed by atoms with Crippen LogP contribution in [0.3, 0.4) is 0 Å². The smallest absolute Gasteiger partial charge is 0.0933 e. The molecule has 0 aliphatic carbocycles. The third-order valence-corrected chi connectivity index (χ3v) is 2.19. The largest absolute Gasteiger partial charge is 0.217 e. The Morgan fingerprint density at radius 1 is 1.15 bits per heavy atom. The highest BCUT2D eigenvalue weighted by atomic mass is 35.5. The van der Waals surface area contributed by atoms with Crippen LogP contribution < -0.4 is 0 Å². The average Bonchev–Trinajstić information content (AvgIpc) is 2.53. The lowest BCUT2D eigenvalue weighted by atomic mass is 10.2. The quantitative estimate of drug-likeness (QED) is 0.717. The minimum atomic E-state index is 0.731. The highest BCUT2D eigenvalue weighted by molar-refractivity contribution is 7.78. The maximum absolute atomic E-state index is 5.76. The maximum Gasteiger partial charge on any atom is 0.0933 e. The molecule has 0 N–H and O–H groups in total. The molecule has 1 heterocycles. The van der Waals surface area contributed by atoms with E-state index < -0.39 is 0 Å². The second-order valence-corrected chi connectivity index (χ2v) is 3.47. The predicted molar refractivity (Wildman–Crippen MR) is 57.1 cm³/mol. The average molecular weight is 211 g/mol. The van der Waals surface area contributed by atoms with E-state index in [1.54, 1.807) is 6.20 Å². The number of hydrogen-bond donors (Lipinski definition) is 1. The van der Waals surface area contributed by atoms with Crippen molar-refractivity contribution >= 4 is 24.4 Å². The molecule has 0 fully saturated rings. The predicted octanol–water partition coefficient (Wildman–Crippen LogP) is 2.90. The van der Waals surface area contributed by atoms with Crippen molar-refractivity contribution in [3.63, 3.8) is 0 Å². The third kappa shape index (κ3) is 1.87. The van der Waals surface area contributed by atoms with Gasteiger partial charge in [-0.2, -0.15) is 5.10 Å². The summed E-state index contributed by atoms with van der Waals surface area (Å²) in [6.45, 7) is 0. The summed E-state index contributed by atoms with van der Waals surface area (Å²) in [5, 5.41) is 4.88. The van der Waals surface area contributed by atoms with Gasteiger partial charge in [0.15, 0.2) is 0 Å². The molecule has 0 aliphatic rings. The van der Waals surface area contributed by atoms with Gasteiger partial charge in [-0.3, -0.25) is 0 Å². The molecule has 0 spiro atoms. The Hall–Kier alpha value is -0.930. The molecule has 2 aromatic rings. The van der Waals surface area contributed by atoms with Crippen molar-refractivity contribution in [2.45, 2.75) is 0 Å². The van der Waals surface area contributed by atoms with Crippen LogP contribution in [-0.2, 0) is 0 Å². The van der Waals surface area contributed by atoms with Crippen LogP contribution >= 0.6 is 24.4 Å². The van der Waals surface area contributed by atoms with E-state index in [4.69, 9.17) is 11.6 Å². The number of nitrogens with zero attached hydrogens (tertiary/aromatic N) is 2. The van der Waals surface area contributed by atoms with E-state index in [-0.39, 0.29) is 0 Å². The van der Waals surface area contributed by atoms with Gasteiger partial charge in [-0.25, -0.2) is 4.09 Å². The molecule has 0 bridgehead atoms. The van der Waals surface area contributed by atoms with Crippen LogP contribution in [0.5, 0.6) is 0 Å². The first-order valence-electron chi connectivity index (χ1n) is 3.76. The standard InChI is InChI=1S/C9H7ClN2S/c10-8-3-1-7(2-4-8)9-5-6-12(13)11-9/h1-6,13H. The van der Waals surface area contributed by atoms with Gasteiger partial charge in [0.2, 0.25) is 0 Å². The molecule has 0 saturated carbocycles. The molecule has 4 heteroatoms. The lowest BCUT2D eigenvalue weighted by Crippen LogP contribution is -1.81. The summed E-state index contributed by atoms with van der Waals surface area (Å²) >= 11 is 9.82. The zero-order chi connectivity index (χ0) is 9.26.